The van der Waals surface area contributed by atoms with Crippen molar-refractivity contribution in [3.05, 3.63) is 89.2 Å². The number of aromatic nitrogens is 4. The molecule has 0 atom stereocenters. The summed E-state index contributed by atoms with van der Waals surface area (Å²) >= 11 is 0. The molecule has 3 aliphatic rings. The topological polar surface area (TPSA) is 210 Å². The molecule has 0 radical (unpaired) electrons. The lowest BCUT2D eigenvalue weighted by Crippen LogP contribution is -2.13. The average Bonchev–Trinajstić information content (AvgIpc) is 3.75. The van der Waals surface area contributed by atoms with E-state index < -0.39 is 23.9 Å². The highest BCUT2D eigenvalue weighted by Gasteiger charge is 2.13. The van der Waals surface area contributed by atoms with Crippen LogP contribution in [0.4, 0.5) is 0 Å². The highest BCUT2D eigenvalue weighted by Crippen LogP contribution is 2.29. The van der Waals surface area contributed by atoms with E-state index in [9.17, 15) is 0 Å². The van der Waals surface area contributed by atoms with Gasteiger partial charge in [-0.1, -0.05) is 6.08 Å². The molecule has 246 valence electrons. The van der Waals surface area contributed by atoms with Gasteiger partial charge in [0.2, 0.25) is 0 Å². The lowest BCUT2D eigenvalue weighted by Gasteiger charge is -2.17. The molecule has 13 heteroatoms. The first-order chi connectivity index (χ1) is 22.1. The predicted molar refractivity (Wildman–Crippen MR) is 182 cm³/mol. The number of carboxylic acids is 4. The number of carboxylic acid groups (broad SMARTS) is 4. The molecule has 0 spiro atoms. The van der Waals surface area contributed by atoms with Crippen molar-refractivity contribution in [2.45, 2.75) is 27.7 Å². The minimum Gasteiger partial charge on any atom is -0.481 e. The summed E-state index contributed by atoms with van der Waals surface area (Å²) in [6, 6.07) is 14.6. The standard InChI is InChI=1S/C26H21N5.4C2H4O2/c1-31-12-10-17(11-13-31)26-24-8-6-22(29-24)15-20-4-2-18(27-20)14-19-3-5-21(28-19)16-23-7-9-25(26)30-23;4*1-2(3)4/h2-12,14-16,27,29H,13H2,1H3;4*1H3,(H,3,4). The van der Waals surface area contributed by atoms with E-state index in [4.69, 9.17) is 49.6 Å². The van der Waals surface area contributed by atoms with E-state index in [2.05, 4.69) is 88.8 Å². The Labute approximate surface area is 270 Å². The normalized spacial score (nSPS) is 11.9. The molecule has 6 rings (SSSR count). The number of hydrogen-bond donors (Lipinski definition) is 6. The number of fused-ring (bicyclic) bond motifs is 8. The molecule has 3 aromatic rings. The van der Waals surface area contributed by atoms with E-state index in [0.29, 0.717) is 0 Å². The lowest BCUT2D eigenvalue weighted by atomic mass is 10.0. The summed E-state index contributed by atoms with van der Waals surface area (Å²) in [6.45, 7) is 5.21. The Balaban J connectivity index is 0.000000405. The van der Waals surface area contributed by atoms with Gasteiger partial charge in [0.25, 0.3) is 23.9 Å². The molecular formula is C34H37N5O8. The molecule has 0 aliphatic carbocycles. The molecule has 0 amide bonds. The van der Waals surface area contributed by atoms with Crippen LogP contribution in [0.25, 0.3) is 51.9 Å². The third kappa shape index (κ3) is 13.9. The second-order valence-corrected chi connectivity index (χ2v) is 10.0. The first kappa shape index (κ1) is 36.9. The van der Waals surface area contributed by atoms with Crippen LogP contribution in [0.1, 0.15) is 56.0 Å². The van der Waals surface area contributed by atoms with Gasteiger partial charge in [0, 0.05) is 68.9 Å². The molecule has 0 unspecified atom stereocenters. The zero-order chi connectivity index (χ0) is 35.1. The number of nitrogens with one attached hydrogen (secondary N) is 2. The van der Waals surface area contributed by atoms with Gasteiger partial charge in [-0.05, 0) is 84.6 Å². The van der Waals surface area contributed by atoms with E-state index in [0.717, 1.165) is 84.6 Å². The Morgan fingerprint density at radius 3 is 1.66 bits per heavy atom. The first-order valence-electron chi connectivity index (χ1n) is 14.1. The van der Waals surface area contributed by atoms with E-state index >= 15 is 0 Å². The Morgan fingerprint density at radius 2 is 1.11 bits per heavy atom. The smallest absolute Gasteiger partial charge is 0.300 e. The number of rotatable bonds is 1. The summed E-state index contributed by atoms with van der Waals surface area (Å²) < 4.78 is 0. The Kier molecular flexibility index (Phi) is 14.1. The van der Waals surface area contributed by atoms with Gasteiger partial charge in [-0.2, -0.15) is 0 Å². The predicted octanol–water partition coefficient (Wildman–Crippen LogP) is 5.86. The van der Waals surface area contributed by atoms with Gasteiger partial charge in [-0.25, -0.2) is 9.97 Å². The fourth-order valence-electron chi connectivity index (χ4n) is 4.08. The van der Waals surface area contributed by atoms with Gasteiger partial charge in [0.05, 0.1) is 22.8 Å². The monoisotopic (exact) mass is 643 g/mol. The van der Waals surface area contributed by atoms with Gasteiger partial charge in [0.15, 0.2) is 0 Å². The van der Waals surface area contributed by atoms with E-state index in [-0.39, 0.29) is 0 Å². The maximum absolute atomic E-state index is 9.00. The zero-order valence-electron chi connectivity index (χ0n) is 26.6. The Hall–Kier alpha value is -6.24. The van der Waals surface area contributed by atoms with Gasteiger partial charge < -0.3 is 35.3 Å². The summed E-state index contributed by atoms with van der Waals surface area (Å²) in [5.74, 6) is -3.33. The minimum absolute atomic E-state index is 0.833. The molecule has 0 saturated carbocycles. The number of aromatic amines is 2. The fourth-order valence-corrected chi connectivity index (χ4v) is 4.08. The van der Waals surface area contributed by atoms with Crippen LogP contribution in [0.2, 0.25) is 0 Å². The summed E-state index contributed by atoms with van der Waals surface area (Å²) in [7, 11) is 2.08. The Bertz CT molecular complexity index is 1830. The van der Waals surface area contributed by atoms with Gasteiger partial charge >= 0.3 is 0 Å². The second-order valence-electron chi connectivity index (χ2n) is 10.0. The van der Waals surface area contributed by atoms with Gasteiger partial charge in [-0.15, -0.1) is 0 Å². The highest BCUT2D eigenvalue weighted by molar-refractivity contribution is 5.91. The first-order valence-corrected chi connectivity index (χ1v) is 14.1. The summed E-state index contributed by atoms with van der Waals surface area (Å²) in [6.07, 6.45) is 14.7. The minimum atomic E-state index is -0.833. The van der Waals surface area contributed by atoms with E-state index in [1.807, 2.05) is 18.2 Å². The maximum atomic E-state index is 9.00. The third-order valence-electron chi connectivity index (χ3n) is 5.62. The number of H-pyrrole nitrogens is 2. The molecule has 0 aromatic carbocycles. The van der Waals surface area contributed by atoms with Crippen LogP contribution in [0, 0.1) is 0 Å². The van der Waals surface area contributed by atoms with Crippen molar-refractivity contribution in [1.82, 2.24) is 24.8 Å². The van der Waals surface area contributed by atoms with Gasteiger partial charge in [-0.3, -0.25) is 19.2 Å². The van der Waals surface area contributed by atoms with Crippen LogP contribution >= 0.6 is 0 Å². The van der Waals surface area contributed by atoms with Gasteiger partial charge in [0.1, 0.15) is 0 Å². The lowest BCUT2D eigenvalue weighted by molar-refractivity contribution is -0.135. The Morgan fingerprint density at radius 1 is 0.638 bits per heavy atom. The van der Waals surface area contributed by atoms with Crippen molar-refractivity contribution in [2.75, 3.05) is 13.6 Å². The van der Waals surface area contributed by atoms with E-state index in [1.165, 1.54) is 5.57 Å². The second kappa shape index (κ2) is 17.9. The van der Waals surface area contributed by atoms with Crippen molar-refractivity contribution in [3.8, 4) is 0 Å². The van der Waals surface area contributed by atoms with Crippen LogP contribution in [0.5, 0.6) is 0 Å². The van der Waals surface area contributed by atoms with Crippen LogP contribution in [0.3, 0.4) is 0 Å². The average molecular weight is 644 g/mol. The molecule has 13 nitrogen and oxygen atoms in total. The third-order valence-corrected chi connectivity index (χ3v) is 5.62. The van der Waals surface area contributed by atoms with Crippen LogP contribution in [-0.2, 0) is 19.2 Å². The number of aliphatic carboxylic acids is 4. The van der Waals surface area contributed by atoms with Crippen molar-refractivity contribution >= 4 is 75.8 Å². The largest absolute Gasteiger partial charge is 0.481 e. The summed E-state index contributed by atoms with van der Waals surface area (Å²) in [5, 5.41) is 29.7. The number of likely N-dealkylation sites (N-methyl/N-ethyl adjacent to an activating group) is 1. The molecule has 8 bridgehead atoms. The van der Waals surface area contributed by atoms with Crippen LogP contribution in [0.15, 0.2) is 60.8 Å². The van der Waals surface area contributed by atoms with Crippen molar-refractivity contribution in [3.63, 3.8) is 0 Å². The molecule has 0 saturated heterocycles. The van der Waals surface area contributed by atoms with Crippen molar-refractivity contribution < 1.29 is 39.6 Å². The molecule has 3 aliphatic heterocycles. The SMILES string of the molecule is CC(=O)O.CC(=O)O.CC(=O)O.CC(=O)O.CN1C=CC(c2c3nc(cc4nc(cc5ccc(cc6ccc2[nH]6)[nH]5)C=C4)C=C3)=CC1. The fraction of sp³-hybridized carbons (Fsp3) is 0.176. The molecular weight excluding hydrogens is 606 g/mol. The number of carbonyl (C=O) groups is 4. The number of allylic oxidation sites excluding steroid dienone is 2. The molecule has 0 fully saturated rings. The molecule has 47 heavy (non-hydrogen) atoms. The van der Waals surface area contributed by atoms with Crippen molar-refractivity contribution in [1.29, 1.82) is 0 Å². The zero-order valence-corrected chi connectivity index (χ0v) is 26.6. The molecule has 3 aromatic heterocycles. The number of nitrogens with zero attached hydrogens (tertiary/aromatic N) is 3. The molecule has 6 heterocycles. The summed E-state index contributed by atoms with van der Waals surface area (Å²) in [5.41, 5.74) is 10.1. The number of hydrogen-bond acceptors (Lipinski definition) is 7. The van der Waals surface area contributed by atoms with Crippen LogP contribution < -0.4 is 0 Å². The maximum Gasteiger partial charge on any atom is 0.300 e. The highest BCUT2D eigenvalue weighted by atomic mass is 16.4. The van der Waals surface area contributed by atoms with Crippen LogP contribution in [-0.4, -0.2) is 82.7 Å². The van der Waals surface area contributed by atoms with Crippen molar-refractivity contribution in [2.24, 2.45) is 0 Å². The van der Waals surface area contributed by atoms with E-state index in [1.54, 1.807) is 0 Å². The summed E-state index contributed by atoms with van der Waals surface area (Å²) in [4.78, 5) is 54.8. The quantitative estimate of drug-likeness (QED) is 0.127. The molecule has 6 N–H and O–H groups in total.